The van der Waals surface area contributed by atoms with Gasteiger partial charge in [0.05, 0.1) is 36.6 Å². The van der Waals surface area contributed by atoms with Crippen LogP contribution in [0.15, 0.2) is 48.8 Å². The number of hydrogen-bond acceptors (Lipinski definition) is 7. The second-order valence-corrected chi connectivity index (χ2v) is 10.0. The number of fused-ring (bicyclic) bond motifs is 2. The third-order valence-electron chi connectivity index (χ3n) is 7.20. The minimum atomic E-state index is -0.504. The SMILES string of the molecule is COc1cc2ncnc(Nc3ccc(F)c(Cl)c3)c2cc1NC(=O)C=CCN1CCOCC2CCCCC21. The van der Waals surface area contributed by atoms with Crippen LogP contribution in [0.2, 0.25) is 5.02 Å². The summed E-state index contributed by atoms with van der Waals surface area (Å²) in [5.74, 6) is 0.771. The quantitative estimate of drug-likeness (QED) is 0.380. The maximum Gasteiger partial charge on any atom is 0.248 e. The Labute approximate surface area is 226 Å². The van der Waals surface area contributed by atoms with E-state index >= 15 is 0 Å². The molecule has 1 saturated heterocycles. The highest BCUT2D eigenvalue weighted by molar-refractivity contribution is 6.31. The number of benzene rings is 2. The van der Waals surface area contributed by atoms with E-state index in [0.29, 0.717) is 52.3 Å². The number of halogens is 2. The number of carbonyl (C=O) groups excluding carboxylic acids is 1. The van der Waals surface area contributed by atoms with Crippen LogP contribution in [-0.4, -0.2) is 60.2 Å². The van der Waals surface area contributed by atoms with E-state index in [1.165, 1.54) is 51.3 Å². The number of nitrogens with one attached hydrogen (secondary N) is 2. The lowest BCUT2D eigenvalue weighted by Crippen LogP contribution is -2.42. The van der Waals surface area contributed by atoms with Crippen molar-refractivity contribution in [1.29, 1.82) is 0 Å². The highest BCUT2D eigenvalue weighted by atomic mass is 35.5. The normalized spacial score (nSPS) is 20.2. The van der Waals surface area contributed by atoms with E-state index in [4.69, 9.17) is 21.1 Å². The van der Waals surface area contributed by atoms with Crippen molar-refractivity contribution in [2.45, 2.75) is 31.7 Å². The van der Waals surface area contributed by atoms with E-state index in [2.05, 4.69) is 25.5 Å². The molecule has 38 heavy (non-hydrogen) atoms. The second kappa shape index (κ2) is 12.1. The minimum absolute atomic E-state index is 0.00137. The van der Waals surface area contributed by atoms with Gasteiger partial charge in [-0.15, -0.1) is 0 Å². The van der Waals surface area contributed by atoms with E-state index in [9.17, 15) is 9.18 Å². The fourth-order valence-electron chi connectivity index (χ4n) is 5.30. The van der Waals surface area contributed by atoms with Gasteiger partial charge in [-0.25, -0.2) is 14.4 Å². The molecule has 2 unspecified atom stereocenters. The molecular weight excluding hydrogens is 509 g/mol. The molecule has 8 nitrogen and oxygen atoms in total. The van der Waals surface area contributed by atoms with Gasteiger partial charge in [-0.1, -0.05) is 30.5 Å². The number of amides is 1. The number of aromatic nitrogens is 2. The number of rotatable bonds is 7. The molecule has 2 atom stereocenters. The first-order valence-electron chi connectivity index (χ1n) is 12.9. The lowest BCUT2D eigenvalue weighted by molar-refractivity contribution is -0.111. The third kappa shape index (κ3) is 6.06. The van der Waals surface area contributed by atoms with Crippen LogP contribution in [0.25, 0.3) is 10.9 Å². The third-order valence-corrected chi connectivity index (χ3v) is 7.49. The fraction of sp³-hybridized carbons (Fsp3) is 0.393. The molecule has 0 spiro atoms. The molecular formula is C28H31ClFN5O3. The van der Waals surface area contributed by atoms with Crippen molar-refractivity contribution in [3.63, 3.8) is 0 Å². The van der Waals surface area contributed by atoms with Crippen LogP contribution in [0.1, 0.15) is 25.7 Å². The molecule has 200 valence electrons. The van der Waals surface area contributed by atoms with Crippen molar-refractivity contribution in [3.8, 4) is 5.75 Å². The molecule has 1 aliphatic heterocycles. The van der Waals surface area contributed by atoms with Crippen LogP contribution in [0.5, 0.6) is 5.75 Å². The molecule has 3 aromatic rings. The summed E-state index contributed by atoms with van der Waals surface area (Å²) in [5.41, 5.74) is 1.67. The van der Waals surface area contributed by atoms with Crippen LogP contribution >= 0.6 is 11.6 Å². The number of ether oxygens (including phenoxy) is 2. The van der Waals surface area contributed by atoms with Crippen LogP contribution in [0.3, 0.4) is 0 Å². The highest BCUT2D eigenvalue weighted by Gasteiger charge is 2.31. The molecule has 2 aromatic carbocycles. The first-order valence-corrected chi connectivity index (χ1v) is 13.2. The predicted molar refractivity (Wildman–Crippen MR) is 147 cm³/mol. The van der Waals surface area contributed by atoms with Gasteiger partial charge in [0.1, 0.15) is 23.7 Å². The van der Waals surface area contributed by atoms with Gasteiger partial charge in [0.15, 0.2) is 0 Å². The summed E-state index contributed by atoms with van der Waals surface area (Å²) in [4.78, 5) is 24.0. The van der Waals surface area contributed by atoms with E-state index in [0.717, 1.165) is 19.8 Å². The van der Waals surface area contributed by atoms with Gasteiger partial charge in [-0.2, -0.15) is 0 Å². The minimum Gasteiger partial charge on any atom is -0.494 e. The van der Waals surface area contributed by atoms with Crippen molar-refractivity contribution in [2.75, 3.05) is 44.0 Å². The monoisotopic (exact) mass is 539 g/mol. The Bertz CT molecular complexity index is 1340. The van der Waals surface area contributed by atoms with Gasteiger partial charge in [0, 0.05) is 42.3 Å². The zero-order valence-electron chi connectivity index (χ0n) is 21.3. The van der Waals surface area contributed by atoms with Crippen molar-refractivity contribution in [1.82, 2.24) is 14.9 Å². The van der Waals surface area contributed by atoms with Gasteiger partial charge in [0.2, 0.25) is 5.91 Å². The number of methoxy groups -OCH3 is 1. The molecule has 1 aliphatic carbocycles. The zero-order valence-corrected chi connectivity index (χ0v) is 22.0. The first kappa shape index (κ1) is 26.3. The maximum absolute atomic E-state index is 13.6. The average molecular weight is 540 g/mol. The summed E-state index contributed by atoms with van der Waals surface area (Å²) in [5, 5.41) is 6.72. The molecule has 0 radical (unpaired) electrons. The molecule has 2 aliphatic rings. The summed E-state index contributed by atoms with van der Waals surface area (Å²) in [6.07, 6.45) is 9.80. The number of hydrogen-bond donors (Lipinski definition) is 2. The Morgan fingerprint density at radius 1 is 1.26 bits per heavy atom. The number of nitrogens with zero attached hydrogens (tertiary/aromatic N) is 3. The van der Waals surface area contributed by atoms with Gasteiger partial charge < -0.3 is 20.1 Å². The Morgan fingerprint density at radius 3 is 2.97 bits per heavy atom. The van der Waals surface area contributed by atoms with Gasteiger partial charge in [-0.05, 0) is 43.0 Å². The first-order chi connectivity index (χ1) is 18.5. The van der Waals surface area contributed by atoms with Crippen LogP contribution < -0.4 is 15.4 Å². The smallest absolute Gasteiger partial charge is 0.248 e. The molecule has 2 fully saturated rings. The van der Waals surface area contributed by atoms with Gasteiger partial charge in [-0.3, -0.25) is 9.69 Å². The predicted octanol–water partition coefficient (Wildman–Crippen LogP) is 5.56. The van der Waals surface area contributed by atoms with Gasteiger partial charge >= 0.3 is 0 Å². The van der Waals surface area contributed by atoms with Gasteiger partial charge in [0.25, 0.3) is 0 Å². The zero-order chi connectivity index (χ0) is 26.5. The second-order valence-electron chi connectivity index (χ2n) is 9.62. The van der Waals surface area contributed by atoms with E-state index in [1.54, 1.807) is 24.3 Å². The van der Waals surface area contributed by atoms with Crippen molar-refractivity contribution < 1.29 is 18.7 Å². The van der Waals surface area contributed by atoms with Crippen LogP contribution in [-0.2, 0) is 9.53 Å². The molecule has 1 amide bonds. The number of carbonyl (C=O) groups is 1. The lowest BCUT2D eigenvalue weighted by Gasteiger charge is -2.36. The fourth-order valence-corrected chi connectivity index (χ4v) is 5.48. The summed E-state index contributed by atoms with van der Waals surface area (Å²) in [6.45, 7) is 3.14. The standard InChI is InChI=1S/C28H31ClFN5O3/c1-37-26-15-23-20(28(32-17-31-23)33-19-8-9-22(30)21(29)13-19)14-24(26)34-27(36)7-4-10-35-11-12-38-16-18-5-2-3-6-25(18)35/h4,7-9,13-15,17-18,25H,2-3,5-6,10-12,16H2,1H3,(H,34,36)(H,31,32,33). The molecule has 1 saturated carbocycles. The van der Waals surface area contributed by atoms with E-state index in [1.807, 2.05) is 6.08 Å². The maximum atomic E-state index is 13.6. The molecule has 0 bridgehead atoms. The van der Waals surface area contributed by atoms with Crippen molar-refractivity contribution in [2.24, 2.45) is 5.92 Å². The molecule has 2 heterocycles. The average Bonchev–Trinajstić information content (AvgIpc) is 3.13. The Morgan fingerprint density at radius 2 is 2.13 bits per heavy atom. The summed E-state index contributed by atoms with van der Waals surface area (Å²) in [6, 6.07) is 8.33. The summed E-state index contributed by atoms with van der Waals surface area (Å²) in [7, 11) is 1.54. The summed E-state index contributed by atoms with van der Waals surface area (Å²) >= 11 is 5.93. The molecule has 2 N–H and O–H groups in total. The Kier molecular flexibility index (Phi) is 8.36. The van der Waals surface area contributed by atoms with E-state index < -0.39 is 5.82 Å². The van der Waals surface area contributed by atoms with Crippen LogP contribution in [0, 0.1) is 11.7 Å². The lowest BCUT2D eigenvalue weighted by atomic mass is 9.84. The molecule has 1 aromatic heterocycles. The van der Waals surface area contributed by atoms with Crippen LogP contribution in [0.4, 0.5) is 21.6 Å². The van der Waals surface area contributed by atoms with E-state index in [-0.39, 0.29) is 10.9 Å². The number of anilines is 3. The molecule has 5 rings (SSSR count). The topological polar surface area (TPSA) is 88.6 Å². The largest absolute Gasteiger partial charge is 0.494 e. The molecule has 10 heteroatoms. The summed E-state index contributed by atoms with van der Waals surface area (Å²) < 4.78 is 24.9. The highest BCUT2D eigenvalue weighted by Crippen LogP contribution is 2.34. The van der Waals surface area contributed by atoms with Crippen molar-refractivity contribution >= 4 is 45.6 Å². The van der Waals surface area contributed by atoms with Crippen molar-refractivity contribution in [3.05, 3.63) is 59.7 Å². The Hall–Kier alpha value is -3.27. The Balaban J connectivity index is 1.31.